The molecule has 2 saturated heterocycles. The Morgan fingerprint density at radius 3 is 2.41 bits per heavy atom. The third kappa shape index (κ3) is 5.18. The highest BCUT2D eigenvalue weighted by molar-refractivity contribution is 5.94. The number of halogens is 2. The van der Waals surface area contributed by atoms with Gasteiger partial charge in [-0.25, -0.2) is 4.39 Å². The third-order valence-electron chi connectivity index (χ3n) is 5.26. The van der Waals surface area contributed by atoms with Gasteiger partial charge in [-0.3, -0.25) is 9.59 Å². The van der Waals surface area contributed by atoms with Crippen molar-refractivity contribution in [3.63, 3.8) is 0 Å². The Morgan fingerprint density at radius 1 is 1.07 bits per heavy atom. The highest BCUT2D eigenvalue weighted by atomic mass is 35.5. The van der Waals surface area contributed by atoms with Crippen molar-refractivity contribution in [2.75, 3.05) is 39.4 Å². The van der Waals surface area contributed by atoms with Crippen molar-refractivity contribution in [2.45, 2.75) is 25.3 Å². The predicted octanol–water partition coefficient (Wildman–Crippen LogP) is 1.68. The molecule has 0 saturated carbocycles. The molecular formula is C19H27ClFN3O3. The Hall–Kier alpha value is -1.70. The molecule has 3 rings (SSSR count). The van der Waals surface area contributed by atoms with Crippen molar-refractivity contribution in [3.8, 4) is 0 Å². The Balaban J connectivity index is 0.00000261. The molecule has 2 N–H and O–H groups in total. The summed E-state index contributed by atoms with van der Waals surface area (Å²) in [6.45, 7) is 3.18. The van der Waals surface area contributed by atoms with Gasteiger partial charge in [0.1, 0.15) is 5.82 Å². The minimum absolute atomic E-state index is 0. The first-order valence-corrected chi connectivity index (χ1v) is 9.24. The molecular weight excluding hydrogens is 373 g/mol. The van der Waals surface area contributed by atoms with E-state index in [1.807, 2.05) is 0 Å². The fourth-order valence-corrected chi connectivity index (χ4v) is 3.63. The molecule has 27 heavy (non-hydrogen) atoms. The summed E-state index contributed by atoms with van der Waals surface area (Å²) in [6.07, 6.45) is 2.27. The van der Waals surface area contributed by atoms with Crippen LogP contribution in [-0.4, -0.2) is 67.0 Å². The minimum atomic E-state index is -0.521. The van der Waals surface area contributed by atoms with Gasteiger partial charge in [0, 0.05) is 39.4 Å². The van der Waals surface area contributed by atoms with Crippen LogP contribution in [0.3, 0.4) is 0 Å². The fraction of sp³-hybridized carbons (Fsp3) is 0.579. The molecule has 2 aliphatic heterocycles. The lowest BCUT2D eigenvalue weighted by atomic mass is 9.91. The number of hydrogen-bond donors (Lipinski definition) is 1. The van der Waals surface area contributed by atoms with Gasteiger partial charge in [-0.2, -0.15) is 0 Å². The zero-order valence-electron chi connectivity index (χ0n) is 15.3. The number of carbonyl (C=O) groups excluding carboxylic acids is 2. The average molecular weight is 400 g/mol. The molecule has 1 aromatic carbocycles. The normalized spacial score (nSPS) is 19.8. The number of carbonyl (C=O) groups is 2. The lowest BCUT2D eigenvalue weighted by Crippen LogP contribution is -2.50. The monoisotopic (exact) mass is 399 g/mol. The molecule has 2 fully saturated rings. The molecule has 2 amide bonds. The number of amides is 2. The molecule has 8 heteroatoms. The maximum atomic E-state index is 13.9. The van der Waals surface area contributed by atoms with Crippen LogP contribution in [0.4, 0.5) is 4.39 Å². The maximum Gasteiger partial charge on any atom is 0.256 e. The second-order valence-electron chi connectivity index (χ2n) is 6.93. The summed E-state index contributed by atoms with van der Waals surface area (Å²) in [6, 6.07) is 5.47. The Kier molecular flexibility index (Phi) is 8.01. The standard InChI is InChI=1S/C19H26FN3O3.ClH/c20-16-5-2-1-4-15(16)18(24)22-8-3-9-23(11-10-22)19(25)17(21)14-6-12-26-13-7-14;/h1-2,4-5,14,17H,3,6-13,21H2;1H. The number of ether oxygens (including phenoxy) is 1. The van der Waals surface area contributed by atoms with Gasteiger partial charge < -0.3 is 20.3 Å². The van der Waals surface area contributed by atoms with E-state index in [1.54, 1.807) is 21.9 Å². The van der Waals surface area contributed by atoms with Crippen LogP contribution < -0.4 is 5.73 Å². The number of nitrogens with zero attached hydrogens (tertiary/aromatic N) is 2. The van der Waals surface area contributed by atoms with E-state index in [4.69, 9.17) is 10.5 Å². The van der Waals surface area contributed by atoms with Crippen LogP contribution in [0.5, 0.6) is 0 Å². The zero-order chi connectivity index (χ0) is 18.5. The van der Waals surface area contributed by atoms with Crippen molar-refractivity contribution in [3.05, 3.63) is 35.6 Å². The zero-order valence-corrected chi connectivity index (χ0v) is 16.1. The molecule has 6 nitrogen and oxygen atoms in total. The van der Waals surface area contributed by atoms with Crippen molar-refractivity contribution < 1.29 is 18.7 Å². The first-order valence-electron chi connectivity index (χ1n) is 9.24. The molecule has 1 unspecified atom stereocenters. The topological polar surface area (TPSA) is 75.9 Å². The summed E-state index contributed by atoms with van der Waals surface area (Å²) in [5.74, 6) is -0.755. The van der Waals surface area contributed by atoms with Crippen molar-refractivity contribution in [2.24, 2.45) is 11.7 Å². The maximum absolute atomic E-state index is 13.9. The third-order valence-corrected chi connectivity index (χ3v) is 5.26. The van der Waals surface area contributed by atoms with Crippen LogP contribution in [0.1, 0.15) is 29.6 Å². The summed E-state index contributed by atoms with van der Waals surface area (Å²) in [7, 11) is 0. The van der Waals surface area contributed by atoms with Crippen LogP contribution in [0, 0.1) is 11.7 Å². The van der Waals surface area contributed by atoms with Gasteiger partial charge in [-0.1, -0.05) is 12.1 Å². The first-order chi connectivity index (χ1) is 12.6. The Morgan fingerprint density at radius 2 is 1.70 bits per heavy atom. The molecule has 0 spiro atoms. The van der Waals surface area contributed by atoms with Crippen LogP contribution in [0.15, 0.2) is 24.3 Å². The number of benzene rings is 1. The lowest BCUT2D eigenvalue weighted by molar-refractivity contribution is -0.134. The fourth-order valence-electron chi connectivity index (χ4n) is 3.63. The summed E-state index contributed by atoms with van der Waals surface area (Å²) < 4.78 is 19.2. The van der Waals surface area contributed by atoms with E-state index in [1.165, 1.54) is 12.1 Å². The molecule has 1 atom stereocenters. The summed E-state index contributed by atoms with van der Waals surface area (Å²) in [5, 5.41) is 0. The molecule has 2 aliphatic rings. The van der Waals surface area contributed by atoms with Crippen LogP contribution in [-0.2, 0) is 9.53 Å². The molecule has 0 aromatic heterocycles. The highest BCUT2D eigenvalue weighted by Crippen LogP contribution is 2.20. The van der Waals surface area contributed by atoms with E-state index in [9.17, 15) is 14.0 Å². The second kappa shape index (κ2) is 10.0. The Labute approximate surface area is 165 Å². The van der Waals surface area contributed by atoms with Crippen LogP contribution in [0.2, 0.25) is 0 Å². The molecule has 0 radical (unpaired) electrons. The smallest absolute Gasteiger partial charge is 0.256 e. The number of nitrogens with two attached hydrogens (primary N) is 1. The Bertz CT molecular complexity index is 655. The van der Waals surface area contributed by atoms with Gasteiger partial charge in [0.2, 0.25) is 5.91 Å². The average Bonchev–Trinajstić information content (AvgIpc) is 2.93. The SMILES string of the molecule is Cl.NC(C(=O)N1CCCN(C(=O)c2ccccc2F)CC1)C1CCOCC1. The predicted molar refractivity (Wildman–Crippen MR) is 102 cm³/mol. The van der Waals surface area contributed by atoms with E-state index in [-0.39, 0.29) is 35.7 Å². The lowest BCUT2D eigenvalue weighted by Gasteiger charge is -2.31. The largest absolute Gasteiger partial charge is 0.381 e. The van der Waals surface area contributed by atoms with Gasteiger partial charge in [-0.05, 0) is 37.3 Å². The van der Waals surface area contributed by atoms with Gasteiger partial charge in [0.05, 0.1) is 11.6 Å². The molecule has 0 bridgehead atoms. The molecule has 2 heterocycles. The summed E-state index contributed by atoms with van der Waals surface area (Å²) in [5.41, 5.74) is 6.28. The van der Waals surface area contributed by atoms with E-state index in [0.717, 1.165) is 12.8 Å². The summed E-state index contributed by atoms with van der Waals surface area (Å²) >= 11 is 0. The van der Waals surface area contributed by atoms with Crippen LogP contribution in [0.25, 0.3) is 0 Å². The number of rotatable bonds is 3. The molecule has 150 valence electrons. The second-order valence-corrected chi connectivity index (χ2v) is 6.93. The van der Waals surface area contributed by atoms with Gasteiger partial charge >= 0.3 is 0 Å². The van der Waals surface area contributed by atoms with E-state index >= 15 is 0 Å². The molecule has 1 aromatic rings. The first kappa shape index (κ1) is 21.6. The van der Waals surface area contributed by atoms with Gasteiger partial charge in [0.15, 0.2) is 0 Å². The summed E-state index contributed by atoms with van der Waals surface area (Å²) in [4.78, 5) is 28.7. The van der Waals surface area contributed by atoms with E-state index in [0.29, 0.717) is 45.8 Å². The minimum Gasteiger partial charge on any atom is -0.381 e. The molecule has 0 aliphatic carbocycles. The van der Waals surface area contributed by atoms with Crippen molar-refractivity contribution in [1.29, 1.82) is 0 Å². The highest BCUT2D eigenvalue weighted by Gasteiger charge is 2.31. The quantitative estimate of drug-likeness (QED) is 0.839. The van der Waals surface area contributed by atoms with Crippen LogP contribution >= 0.6 is 12.4 Å². The van der Waals surface area contributed by atoms with Crippen molar-refractivity contribution in [1.82, 2.24) is 9.80 Å². The van der Waals surface area contributed by atoms with Gasteiger partial charge in [0.25, 0.3) is 5.91 Å². The van der Waals surface area contributed by atoms with Crippen molar-refractivity contribution >= 4 is 24.2 Å². The van der Waals surface area contributed by atoms with E-state index < -0.39 is 11.9 Å². The number of hydrogen-bond acceptors (Lipinski definition) is 4. The van der Waals surface area contributed by atoms with E-state index in [2.05, 4.69) is 0 Å². The van der Waals surface area contributed by atoms with Gasteiger partial charge in [-0.15, -0.1) is 12.4 Å².